The number of hydrogen-bond donors (Lipinski definition) is 2. The average molecular weight is 209 g/mol. The summed E-state index contributed by atoms with van der Waals surface area (Å²) in [7, 11) is 0. The van der Waals surface area contributed by atoms with Crippen LogP contribution in [0.15, 0.2) is 0 Å². The van der Waals surface area contributed by atoms with E-state index in [1.807, 2.05) is 0 Å². The van der Waals surface area contributed by atoms with E-state index in [0.717, 1.165) is 25.9 Å². The van der Waals surface area contributed by atoms with Crippen LogP contribution in [0, 0.1) is 0 Å². The van der Waals surface area contributed by atoms with Crippen LogP contribution in [0.4, 0.5) is 8.78 Å². The molecule has 0 radical (unpaired) electrons. The smallest absolute Gasteiger partial charge is 0.265 e. The second-order valence-corrected chi connectivity index (χ2v) is 3.53. The van der Waals surface area contributed by atoms with Crippen LogP contribution in [-0.4, -0.2) is 43.4 Å². The zero-order chi connectivity index (χ0) is 10.4. The van der Waals surface area contributed by atoms with Crippen LogP contribution < -0.4 is 5.32 Å². The molecule has 0 aliphatic carbocycles. The van der Waals surface area contributed by atoms with Crippen LogP contribution in [-0.2, 0) is 4.74 Å². The SMILES string of the molecule is OC(CNCCC1CCCO1)C(F)F. The molecule has 1 aliphatic rings. The third kappa shape index (κ3) is 4.30. The quantitative estimate of drug-likeness (QED) is 0.635. The van der Waals surface area contributed by atoms with Gasteiger partial charge in [0, 0.05) is 13.2 Å². The summed E-state index contributed by atoms with van der Waals surface area (Å²) in [5.41, 5.74) is 0. The first-order valence-electron chi connectivity index (χ1n) is 4.98. The van der Waals surface area contributed by atoms with Crippen LogP contribution >= 0.6 is 0 Å². The monoisotopic (exact) mass is 209 g/mol. The van der Waals surface area contributed by atoms with Crippen molar-refractivity contribution in [3.05, 3.63) is 0 Å². The van der Waals surface area contributed by atoms with Crippen molar-refractivity contribution in [1.29, 1.82) is 0 Å². The molecule has 0 aromatic heterocycles. The molecule has 1 saturated heterocycles. The van der Waals surface area contributed by atoms with Gasteiger partial charge < -0.3 is 15.2 Å². The van der Waals surface area contributed by atoms with E-state index >= 15 is 0 Å². The molecule has 1 heterocycles. The van der Waals surface area contributed by atoms with E-state index in [9.17, 15) is 8.78 Å². The zero-order valence-electron chi connectivity index (χ0n) is 8.09. The summed E-state index contributed by atoms with van der Waals surface area (Å²) in [4.78, 5) is 0. The van der Waals surface area contributed by atoms with Crippen molar-refractivity contribution < 1.29 is 18.6 Å². The molecule has 0 aromatic rings. The molecule has 0 saturated carbocycles. The van der Waals surface area contributed by atoms with E-state index in [1.54, 1.807) is 0 Å². The predicted molar refractivity (Wildman–Crippen MR) is 48.5 cm³/mol. The lowest BCUT2D eigenvalue weighted by Crippen LogP contribution is -2.33. The Morgan fingerprint density at radius 1 is 1.50 bits per heavy atom. The van der Waals surface area contributed by atoms with Gasteiger partial charge in [0.15, 0.2) is 0 Å². The Morgan fingerprint density at radius 2 is 2.29 bits per heavy atom. The molecule has 3 nitrogen and oxygen atoms in total. The second-order valence-electron chi connectivity index (χ2n) is 3.53. The fraction of sp³-hybridized carbons (Fsp3) is 1.00. The third-order valence-corrected chi connectivity index (χ3v) is 2.31. The molecule has 1 rings (SSSR count). The first-order chi connectivity index (χ1) is 6.70. The Kier molecular flexibility index (Phi) is 5.29. The maximum atomic E-state index is 11.8. The van der Waals surface area contributed by atoms with Gasteiger partial charge in [0.05, 0.1) is 6.10 Å². The number of aliphatic hydroxyl groups is 1. The highest BCUT2D eigenvalue weighted by atomic mass is 19.3. The van der Waals surface area contributed by atoms with Gasteiger partial charge in [-0.05, 0) is 25.8 Å². The molecular weight excluding hydrogens is 192 g/mol. The summed E-state index contributed by atoms with van der Waals surface area (Å²) < 4.78 is 29.0. The maximum Gasteiger partial charge on any atom is 0.265 e. The predicted octanol–water partition coefficient (Wildman–Crippen LogP) is 0.771. The van der Waals surface area contributed by atoms with E-state index in [2.05, 4.69) is 5.32 Å². The number of hydrogen-bond acceptors (Lipinski definition) is 3. The van der Waals surface area contributed by atoms with E-state index in [0.29, 0.717) is 6.54 Å². The largest absolute Gasteiger partial charge is 0.386 e. The van der Waals surface area contributed by atoms with E-state index in [4.69, 9.17) is 9.84 Å². The number of nitrogens with one attached hydrogen (secondary N) is 1. The van der Waals surface area contributed by atoms with Gasteiger partial charge in [-0.1, -0.05) is 0 Å². The van der Waals surface area contributed by atoms with Gasteiger partial charge in [0.25, 0.3) is 6.43 Å². The maximum absolute atomic E-state index is 11.8. The fourth-order valence-corrected chi connectivity index (χ4v) is 1.47. The van der Waals surface area contributed by atoms with Crippen LogP contribution in [0.5, 0.6) is 0 Å². The molecule has 0 bridgehead atoms. The zero-order valence-corrected chi connectivity index (χ0v) is 8.09. The molecule has 14 heavy (non-hydrogen) atoms. The fourth-order valence-electron chi connectivity index (χ4n) is 1.47. The standard InChI is InChI=1S/C9H17F2NO2/c10-9(11)8(13)6-12-4-3-7-2-1-5-14-7/h7-9,12-13H,1-6H2. The van der Waals surface area contributed by atoms with Gasteiger partial charge >= 0.3 is 0 Å². The van der Waals surface area contributed by atoms with Crippen molar-refractivity contribution in [1.82, 2.24) is 5.32 Å². The lowest BCUT2D eigenvalue weighted by atomic mass is 10.2. The number of halogens is 2. The van der Waals surface area contributed by atoms with Crippen molar-refractivity contribution in [2.24, 2.45) is 0 Å². The molecule has 0 spiro atoms. The second kappa shape index (κ2) is 6.27. The van der Waals surface area contributed by atoms with Crippen LogP contribution in [0.2, 0.25) is 0 Å². The molecule has 1 fully saturated rings. The minimum absolute atomic E-state index is 0.0512. The van der Waals surface area contributed by atoms with E-state index in [-0.39, 0.29) is 12.6 Å². The van der Waals surface area contributed by atoms with Gasteiger partial charge in [-0.15, -0.1) is 0 Å². The topological polar surface area (TPSA) is 41.5 Å². The van der Waals surface area contributed by atoms with E-state index in [1.165, 1.54) is 0 Å². The minimum atomic E-state index is -2.66. The highest BCUT2D eigenvalue weighted by molar-refractivity contribution is 4.67. The molecule has 0 aromatic carbocycles. The van der Waals surface area contributed by atoms with Crippen molar-refractivity contribution >= 4 is 0 Å². The number of rotatable bonds is 6. The Hall–Kier alpha value is -0.260. The molecule has 5 heteroatoms. The van der Waals surface area contributed by atoms with Crippen LogP contribution in [0.3, 0.4) is 0 Å². The lowest BCUT2D eigenvalue weighted by Gasteiger charge is -2.12. The van der Waals surface area contributed by atoms with Gasteiger partial charge in [-0.3, -0.25) is 0 Å². The molecular formula is C9H17F2NO2. The van der Waals surface area contributed by atoms with Gasteiger partial charge in [0.2, 0.25) is 0 Å². The first kappa shape index (κ1) is 11.8. The van der Waals surface area contributed by atoms with Crippen molar-refractivity contribution in [3.8, 4) is 0 Å². The molecule has 2 atom stereocenters. The van der Waals surface area contributed by atoms with Gasteiger partial charge in [0.1, 0.15) is 6.10 Å². The summed E-state index contributed by atoms with van der Waals surface area (Å²) >= 11 is 0. The van der Waals surface area contributed by atoms with Crippen molar-refractivity contribution in [3.63, 3.8) is 0 Å². The molecule has 2 N–H and O–H groups in total. The Balaban J connectivity index is 1.93. The molecule has 0 amide bonds. The summed E-state index contributed by atoms with van der Waals surface area (Å²) in [5.74, 6) is 0. The average Bonchev–Trinajstić information content (AvgIpc) is 2.64. The summed E-state index contributed by atoms with van der Waals surface area (Å²) in [6.45, 7) is 1.38. The molecule has 1 aliphatic heterocycles. The normalized spacial score (nSPS) is 24.4. The summed E-state index contributed by atoms with van der Waals surface area (Å²) in [5, 5.41) is 11.6. The van der Waals surface area contributed by atoms with Crippen molar-refractivity contribution in [2.75, 3.05) is 19.7 Å². The summed E-state index contributed by atoms with van der Waals surface area (Å²) in [6.07, 6.45) is -0.977. The molecule has 84 valence electrons. The van der Waals surface area contributed by atoms with E-state index < -0.39 is 12.5 Å². The first-order valence-corrected chi connectivity index (χ1v) is 4.98. The summed E-state index contributed by atoms with van der Waals surface area (Å²) in [6, 6.07) is 0. The minimum Gasteiger partial charge on any atom is -0.386 e. The van der Waals surface area contributed by atoms with Crippen LogP contribution in [0.25, 0.3) is 0 Å². The van der Waals surface area contributed by atoms with Crippen LogP contribution in [0.1, 0.15) is 19.3 Å². The Morgan fingerprint density at radius 3 is 2.86 bits per heavy atom. The molecule has 2 unspecified atom stereocenters. The number of aliphatic hydroxyl groups excluding tert-OH is 1. The highest BCUT2D eigenvalue weighted by Crippen LogP contribution is 2.14. The highest BCUT2D eigenvalue weighted by Gasteiger charge is 2.17. The number of alkyl halides is 2. The lowest BCUT2D eigenvalue weighted by molar-refractivity contribution is -0.00366. The van der Waals surface area contributed by atoms with Gasteiger partial charge in [-0.2, -0.15) is 0 Å². The Labute approximate surface area is 82.4 Å². The van der Waals surface area contributed by atoms with Crippen molar-refractivity contribution in [2.45, 2.75) is 37.9 Å². The Bertz CT molecular complexity index is 148. The van der Waals surface area contributed by atoms with Gasteiger partial charge in [-0.25, -0.2) is 8.78 Å². The third-order valence-electron chi connectivity index (χ3n) is 2.31. The number of ether oxygens (including phenoxy) is 1.